The molecule has 1 aliphatic heterocycles. The third-order valence-electron chi connectivity index (χ3n) is 4.34. The third kappa shape index (κ3) is 4.98. The highest BCUT2D eigenvalue weighted by Crippen LogP contribution is 2.17. The molecule has 1 aromatic rings. The molecule has 3 amide bonds. The number of carbonyl (C=O) groups excluding carboxylic acids is 2. The molecule has 126 valence electrons. The summed E-state index contributed by atoms with van der Waals surface area (Å²) < 4.78 is 0. The number of nitrogens with zero attached hydrogens (tertiary/aromatic N) is 1. The van der Waals surface area contributed by atoms with Gasteiger partial charge in [-0.05, 0) is 45.6 Å². The molecule has 2 rings (SSSR count). The van der Waals surface area contributed by atoms with Crippen LogP contribution in [-0.2, 0) is 11.3 Å². The average molecular weight is 317 g/mol. The summed E-state index contributed by atoms with van der Waals surface area (Å²) in [4.78, 5) is 26.3. The maximum Gasteiger partial charge on any atom is 0.315 e. The molecule has 1 aliphatic rings. The van der Waals surface area contributed by atoms with Gasteiger partial charge in [-0.2, -0.15) is 0 Å². The van der Waals surface area contributed by atoms with Crippen molar-refractivity contribution in [1.29, 1.82) is 0 Å². The Bertz CT molecular complexity index is 559. The highest BCUT2D eigenvalue weighted by atomic mass is 16.2. The largest absolute Gasteiger partial charge is 0.338 e. The van der Waals surface area contributed by atoms with Crippen molar-refractivity contribution in [2.24, 2.45) is 0 Å². The van der Waals surface area contributed by atoms with Gasteiger partial charge in [0.1, 0.15) is 6.04 Å². The fourth-order valence-corrected chi connectivity index (χ4v) is 2.99. The standard InChI is InChI=1S/C18H27N3O2/c1-13-7-6-9-16(11-13)12-19-18(23)20-15(3)17(22)21-10-5-4-8-14(21)2/h6-7,9,11,14-15H,4-5,8,10,12H2,1-3H3,(H2,19,20,23). The van der Waals surface area contributed by atoms with Crippen LogP contribution in [0.25, 0.3) is 0 Å². The second kappa shape index (κ2) is 7.99. The zero-order valence-corrected chi connectivity index (χ0v) is 14.3. The fourth-order valence-electron chi connectivity index (χ4n) is 2.99. The lowest BCUT2D eigenvalue weighted by atomic mass is 10.0. The fraction of sp³-hybridized carbons (Fsp3) is 0.556. The Kier molecular flexibility index (Phi) is 6.02. The first-order valence-corrected chi connectivity index (χ1v) is 8.38. The summed E-state index contributed by atoms with van der Waals surface area (Å²) in [7, 11) is 0. The minimum atomic E-state index is -0.506. The molecule has 1 aromatic carbocycles. The molecule has 0 saturated carbocycles. The van der Waals surface area contributed by atoms with Gasteiger partial charge in [0.25, 0.3) is 0 Å². The summed E-state index contributed by atoms with van der Waals surface area (Å²) in [6, 6.07) is 7.43. The number of nitrogens with one attached hydrogen (secondary N) is 2. The van der Waals surface area contributed by atoms with E-state index in [9.17, 15) is 9.59 Å². The monoisotopic (exact) mass is 317 g/mol. The number of carbonyl (C=O) groups is 2. The number of hydrogen-bond donors (Lipinski definition) is 2. The highest BCUT2D eigenvalue weighted by molar-refractivity contribution is 5.87. The molecular weight excluding hydrogens is 290 g/mol. The van der Waals surface area contributed by atoms with E-state index in [2.05, 4.69) is 17.6 Å². The van der Waals surface area contributed by atoms with E-state index >= 15 is 0 Å². The Balaban J connectivity index is 1.80. The maximum atomic E-state index is 12.4. The average Bonchev–Trinajstić information content (AvgIpc) is 2.53. The molecule has 2 atom stereocenters. The predicted molar refractivity (Wildman–Crippen MR) is 91.0 cm³/mol. The van der Waals surface area contributed by atoms with Crippen molar-refractivity contribution < 1.29 is 9.59 Å². The summed E-state index contributed by atoms with van der Waals surface area (Å²) in [5, 5.41) is 5.55. The third-order valence-corrected chi connectivity index (χ3v) is 4.34. The van der Waals surface area contributed by atoms with E-state index in [1.165, 1.54) is 6.42 Å². The van der Waals surface area contributed by atoms with Crippen LogP contribution in [0.15, 0.2) is 24.3 Å². The molecule has 23 heavy (non-hydrogen) atoms. The van der Waals surface area contributed by atoms with Gasteiger partial charge in [-0.15, -0.1) is 0 Å². The number of likely N-dealkylation sites (tertiary alicyclic amines) is 1. The summed E-state index contributed by atoms with van der Waals surface area (Å²) in [5.41, 5.74) is 2.20. The van der Waals surface area contributed by atoms with E-state index in [0.717, 1.165) is 30.5 Å². The van der Waals surface area contributed by atoms with Crippen molar-refractivity contribution in [1.82, 2.24) is 15.5 Å². The minimum absolute atomic E-state index is 0.00269. The van der Waals surface area contributed by atoms with Gasteiger partial charge >= 0.3 is 6.03 Å². The molecular formula is C18H27N3O2. The van der Waals surface area contributed by atoms with Gasteiger partial charge in [-0.3, -0.25) is 4.79 Å². The second-order valence-electron chi connectivity index (χ2n) is 6.41. The van der Waals surface area contributed by atoms with Crippen molar-refractivity contribution in [2.45, 2.75) is 58.7 Å². The van der Waals surface area contributed by atoms with Crippen molar-refractivity contribution in [3.8, 4) is 0 Å². The van der Waals surface area contributed by atoms with Crippen LogP contribution in [-0.4, -0.2) is 35.5 Å². The Labute approximate surface area is 138 Å². The summed E-state index contributed by atoms with van der Waals surface area (Å²) in [5.74, 6) is 0.00269. The molecule has 0 bridgehead atoms. The van der Waals surface area contributed by atoms with E-state index in [0.29, 0.717) is 6.54 Å². The molecule has 0 aromatic heterocycles. The molecule has 0 radical (unpaired) electrons. The molecule has 5 heteroatoms. The van der Waals surface area contributed by atoms with Crippen molar-refractivity contribution >= 4 is 11.9 Å². The Hall–Kier alpha value is -2.04. The second-order valence-corrected chi connectivity index (χ2v) is 6.41. The predicted octanol–water partition coefficient (Wildman–Crippen LogP) is 2.58. The van der Waals surface area contributed by atoms with Crippen LogP contribution < -0.4 is 10.6 Å². The van der Waals surface area contributed by atoms with E-state index in [4.69, 9.17) is 0 Å². The first-order valence-electron chi connectivity index (χ1n) is 8.38. The van der Waals surface area contributed by atoms with Crippen molar-refractivity contribution in [3.05, 3.63) is 35.4 Å². The van der Waals surface area contributed by atoms with Crippen LogP contribution in [0.3, 0.4) is 0 Å². The van der Waals surface area contributed by atoms with Crippen LogP contribution in [0.1, 0.15) is 44.2 Å². The number of hydrogen-bond acceptors (Lipinski definition) is 2. The Morgan fingerprint density at radius 1 is 1.35 bits per heavy atom. The lowest BCUT2D eigenvalue weighted by molar-refractivity contribution is -0.136. The quantitative estimate of drug-likeness (QED) is 0.896. The molecule has 0 spiro atoms. The van der Waals surface area contributed by atoms with E-state index in [1.54, 1.807) is 6.92 Å². The SMILES string of the molecule is Cc1cccc(CNC(=O)NC(C)C(=O)N2CCCCC2C)c1. The van der Waals surface area contributed by atoms with Gasteiger partial charge in [0, 0.05) is 19.1 Å². The molecule has 2 N–H and O–H groups in total. The number of urea groups is 1. The topological polar surface area (TPSA) is 61.4 Å². The van der Waals surface area contributed by atoms with E-state index in [1.807, 2.05) is 36.1 Å². The van der Waals surface area contributed by atoms with Crippen LogP contribution in [0, 0.1) is 6.92 Å². The maximum absolute atomic E-state index is 12.4. The summed E-state index contributed by atoms with van der Waals surface area (Å²) >= 11 is 0. The van der Waals surface area contributed by atoms with Crippen LogP contribution in [0.2, 0.25) is 0 Å². The number of benzene rings is 1. The minimum Gasteiger partial charge on any atom is -0.338 e. The first-order chi connectivity index (χ1) is 11.0. The molecule has 1 fully saturated rings. The molecule has 2 unspecified atom stereocenters. The van der Waals surface area contributed by atoms with Gasteiger partial charge in [0.2, 0.25) is 5.91 Å². The molecule has 0 aliphatic carbocycles. The van der Waals surface area contributed by atoms with Gasteiger partial charge < -0.3 is 15.5 Å². The van der Waals surface area contributed by atoms with E-state index in [-0.39, 0.29) is 18.0 Å². The zero-order valence-electron chi connectivity index (χ0n) is 14.3. The summed E-state index contributed by atoms with van der Waals surface area (Å²) in [6.45, 7) is 7.08. The van der Waals surface area contributed by atoms with Gasteiger partial charge in [0.05, 0.1) is 0 Å². The number of rotatable bonds is 4. The Morgan fingerprint density at radius 3 is 2.83 bits per heavy atom. The van der Waals surface area contributed by atoms with E-state index < -0.39 is 6.04 Å². The lowest BCUT2D eigenvalue weighted by Gasteiger charge is -2.35. The summed E-state index contributed by atoms with van der Waals surface area (Å²) in [6.07, 6.45) is 3.25. The zero-order chi connectivity index (χ0) is 16.8. The smallest absolute Gasteiger partial charge is 0.315 e. The molecule has 1 heterocycles. The van der Waals surface area contributed by atoms with Gasteiger partial charge in [0.15, 0.2) is 0 Å². The first kappa shape index (κ1) is 17.3. The lowest BCUT2D eigenvalue weighted by Crippen LogP contribution is -2.53. The number of piperidine rings is 1. The number of amides is 3. The van der Waals surface area contributed by atoms with Crippen molar-refractivity contribution in [2.75, 3.05) is 6.54 Å². The van der Waals surface area contributed by atoms with Crippen LogP contribution in [0.4, 0.5) is 4.79 Å². The number of aryl methyl sites for hydroxylation is 1. The molecule has 5 nitrogen and oxygen atoms in total. The molecule has 1 saturated heterocycles. The highest BCUT2D eigenvalue weighted by Gasteiger charge is 2.27. The Morgan fingerprint density at radius 2 is 2.13 bits per heavy atom. The van der Waals surface area contributed by atoms with Crippen LogP contribution in [0.5, 0.6) is 0 Å². The van der Waals surface area contributed by atoms with Crippen molar-refractivity contribution in [3.63, 3.8) is 0 Å². The normalized spacial score (nSPS) is 19.1. The van der Waals surface area contributed by atoms with Gasteiger partial charge in [-0.1, -0.05) is 29.8 Å². The van der Waals surface area contributed by atoms with Crippen LogP contribution >= 0.6 is 0 Å². The van der Waals surface area contributed by atoms with Gasteiger partial charge in [-0.25, -0.2) is 4.79 Å².